The number of carbonyl (C=O) groups is 3. The van der Waals surface area contributed by atoms with Gasteiger partial charge in [-0.25, -0.2) is 4.79 Å². The number of benzene rings is 1. The van der Waals surface area contributed by atoms with E-state index in [0.29, 0.717) is 0 Å². The summed E-state index contributed by atoms with van der Waals surface area (Å²) in [6.45, 7) is 3.45. The maximum Gasteiger partial charge on any atom is 0.325 e. The van der Waals surface area contributed by atoms with Crippen molar-refractivity contribution in [3.8, 4) is 0 Å². The van der Waals surface area contributed by atoms with Gasteiger partial charge in [-0.1, -0.05) is 30.3 Å². The van der Waals surface area contributed by atoms with E-state index in [1.807, 2.05) is 30.3 Å². The Hall–Kier alpha value is -2.57. The van der Waals surface area contributed by atoms with Crippen LogP contribution < -0.4 is 5.32 Å². The normalized spacial score (nSPS) is 23.4. The first kappa shape index (κ1) is 17.8. The van der Waals surface area contributed by atoms with Crippen LogP contribution in [0.3, 0.4) is 0 Å². The van der Waals surface area contributed by atoms with Gasteiger partial charge in [-0.2, -0.15) is 0 Å². The molecule has 0 aliphatic carbocycles. The predicted octanol–water partition coefficient (Wildman–Crippen LogP) is 1.49. The van der Waals surface area contributed by atoms with Crippen LogP contribution >= 0.6 is 0 Å². The molecule has 7 nitrogen and oxygen atoms in total. The van der Waals surface area contributed by atoms with Crippen molar-refractivity contribution in [2.75, 3.05) is 20.3 Å². The minimum atomic E-state index is -0.635. The topological polar surface area (TPSA) is 84.9 Å². The molecule has 1 fully saturated rings. The number of methoxy groups -OCH3 is 1. The SMILES string of the molecule is CCOC(=O)CN1C(=O)NC(c2ccccc2)C(C(=O)OC)C1C. The highest BCUT2D eigenvalue weighted by atomic mass is 16.5. The number of amides is 2. The lowest BCUT2D eigenvalue weighted by atomic mass is 9.85. The summed E-state index contributed by atoms with van der Waals surface area (Å²) in [7, 11) is 1.31. The van der Waals surface area contributed by atoms with Crippen LogP contribution in [0.5, 0.6) is 0 Å². The number of esters is 2. The highest BCUT2D eigenvalue weighted by Gasteiger charge is 2.45. The van der Waals surface area contributed by atoms with Gasteiger partial charge in [0.05, 0.1) is 19.8 Å². The zero-order valence-electron chi connectivity index (χ0n) is 14.0. The molecule has 0 saturated carbocycles. The standard InChI is InChI=1S/C17H22N2O5/c1-4-24-13(20)10-19-11(2)14(16(21)23-3)15(18-17(19)22)12-8-6-5-7-9-12/h5-9,11,14-15H,4,10H2,1-3H3,(H,18,22). The Morgan fingerprint density at radius 2 is 1.92 bits per heavy atom. The first-order valence-corrected chi connectivity index (χ1v) is 7.85. The molecule has 1 aromatic carbocycles. The maximum atomic E-state index is 12.4. The van der Waals surface area contributed by atoms with Crippen molar-refractivity contribution < 1.29 is 23.9 Å². The third-order valence-corrected chi connectivity index (χ3v) is 4.15. The smallest absolute Gasteiger partial charge is 0.325 e. The molecule has 2 rings (SSSR count). The van der Waals surface area contributed by atoms with Crippen molar-refractivity contribution >= 4 is 18.0 Å². The summed E-state index contributed by atoms with van der Waals surface area (Å²) in [5.74, 6) is -1.59. The van der Waals surface area contributed by atoms with Gasteiger partial charge < -0.3 is 19.7 Å². The largest absolute Gasteiger partial charge is 0.469 e. The highest BCUT2D eigenvalue weighted by Crippen LogP contribution is 2.32. The second-order valence-corrected chi connectivity index (χ2v) is 5.56. The Bertz CT molecular complexity index is 604. The first-order valence-electron chi connectivity index (χ1n) is 7.85. The van der Waals surface area contributed by atoms with E-state index in [-0.39, 0.29) is 13.2 Å². The van der Waals surface area contributed by atoms with E-state index < -0.39 is 36.0 Å². The van der Waals surface area contributed by atoms with Crippen LogP contribution in [0.2, 0.25) is 0 Å². The van der Waals surface area contributed by atoms with Crippen LogP contribution in [-0.2, 0) is 19.1 Å². The third kappa shape index (κ3) is 3.67. The molecule has 130 valence electrons. The first-order chi connectivity index (χ1) is 11.5. The quantitative estimate of drug-likeness (QED) is 0.825. The van der Waals surface area contributed by atoms with Crippen molar-refractivity contribution in [1.82, 2.24) is 10.2 Å². The number of rotatable bonds is 5. The zero-order chi connectivity index (χ0) is 17.7. The van der Waals surface area contributed by atoms with Gasteiger partial charge in [0.1, 0.15) is 12.5 Å². The molecule has 1 aromatic rings. The van der Waals surface area contributed by atoms with Crippen molar-refractivity contribution in [2.24, 2.45) is 5.92 Å². The van der Waals surface area contributed by atoms with Gasteiger partial charge in [0.25, 0.3) is 0 Å². The minimum Gasteiger partial charge on any atom is -0.469 e. The van der Waals surface area contributed by atoms with Gasteiger partial charge in [-0.15, -0.1) is 0 Å². The van der Waals surface area contributed by atoms with E-state index in [2.05, 4.69) is 5.32 Å². The molecule has 1 aliphatic rings. The minimum absolute atomic E-state index is 0.212. The molecule has 3 unspecified atom stereocenters. The number of nitrogens with one attached hydrogen (secondary N) is 1. The molecule has 1 N–H and O–H groups in total. The molecule has 24 heavy (non-hydrogen) atoms. The van der Waals surface area contributed by atoms with Gasteiger partial charge in [-0.05, 0) is 19.4 Å². The summed E-state index contributed by atoms with van der Waals surface area (Å²) in [5, 5.41) is 2.80. The van der Waals surface area contributed by atoms with Gasteiger partial charge in [0.2, 0.25) is 0 Å². The number of urea groups is 1. The fourth-order valence-corrected chi connectivity index (χ4v) is 2.94. The molecule has 0 bridgehead atoms. The van der Waals surface area contributed by atoms with Crippen molar-refractivity contribution in [3.63, 3.8) is 0 Å². The molecule has 1 heterocycles. The monoisotopic (exact) mass is 334 g/mol. The van der Waals surface area contributed by atoms with E-state index in [1.165, 1.54) is 12.0 Å². The number of nitrogens with zero attached hydrogens (tertiary/aromatic N) is 1. The lowest BCUT2D eigenvalue weighted by molar-refractivity contribution is -0.152. The molecule has 3 atom stereocenters. The molecular weight excluding hydrogens is 312 g/mol. The van der Waals surface area contributed by atoms with Crippen LogP contribution in [-0.4, -0.2) is 49.2 Å². The lowest BCUT2D eigenvalue weighted by Gasteiger charge is -2.42. The Kier molecular flexibility index (Phi) is 5.78. The fraction of sp³-hybridized carbons (Fsp3) is 0.471. The van der Waals surface area contributed by atoms with Crippen LogP contribution in [0.1, 0.15) is 25.5 Å². The maximum absolute atomic E-state index is 12.4. The summed E-state index contributed by atoms with van der Waals surface area (Å²) < 4.78 is 9.81. The molecule has 0 aromatic heterocycles. The van der Waals surface area contributed by atoms with Crippen LogP contribution in [0.4, 0.5) is 4.79 Å². The predicted molar refractivity (Wildman–Crippen MR) is 86.0 cm³/mol. The molecular formula is C17H22N2O5. The fourth-order valence-electron chi connectivity index (χ4n) is 2.94. The van der Waals surface area contributed by atoms with E-state index in [9.17, 15) is 14.4 Å². The van der Waals surface area contributed by atoms with Crippen LogP contribution in [0, 0.1) is 5.92 Å². The lowest BCUT2D eigenvalue weighted by Crippen LogP contribution is -2.60. The highest BCUT2D eigenvalue weighted by molar-refractivity contribution is 5.85. The van der Waals surface area contributed by atoms with Crippen molar-refractivity contribution in [3.05, 3.63) is 35.9 Å². The van der Waals surface area contributed by atoms with Crippen molar-refractivity contribution in [2.45, 2.75) is 25.9 Å². The molecule has 7 heteroatoms. The number of hydrogen-bond donors (Lipinski definition) is 1. The van der Waals surface area contributed by atoms with Gasteiger partial charge in [-0.3, -0.25) is 9.59 Å². The molecule has 2 amide bonds. The second kappa shape index (κ2) is 7.81. The van der Waals surface area contributed by atoms with Crippen molar-refractivity contribution in [1.29, 1.82) is 0 Å². The summed E-state index contributed by atoms with van der Waals surface area (Å²) in [5.41, 5.74) is 0.809. The molecule has 0 spiro atoms. The second-order valence-electron chi connectivity index (χ2n) is 5.56. The summed E-state index contributed by atoms with van der Waals surface area (Å²) >= 11 is 0. The Morgan fingerprint density at radius 3 is 2.50 bits per heavy atom. The van der Waals surface area contributed by atoms with E-state index >= 15 is 0 Å². The number of ether oxygens (including phenoxy) is 2. The zero-order valence-corrected chi connectivity index (χ0v) is 14.0. The Morgan fingerprint density at radius 1 is 1.25 bits per heavy atom. The summed E-state index contributed by atoms with van der Waals surface area (Å²) in [4.78, 5) is 37.8. The summed E-state index contributed by atoms with van der Waals surface area (Å²) in [6.07, 6.45) is 0. The van der Waals surface area contributed by atoms with Gasteiger partial charge >= 0.3 is 18.0 Å². The van der Waals surface area contributed by atoms with E-state index in [0.717, 1.165) is 5.56 Å². The van der Waals surface area contributed by atoms with Crippen LogP contribution in [0.25, 0.3) is 0 Å². The Balaban J connectivity index is 2.29. The molecule has 1 saturated heterocycles. The number of carbonyl (C=O) groups excluding carboxylic acids is 3. The Labute approximate surface area is 140 Å². The summed E-state index contributed by atoms with van der Waals surface area (Å²) in [6, 6.07) is 7.78. The van der Waals surface area contributed by atoms with E-state index in [4.69, 9.17) is 9.47 Å². The van der Waals surface area contributed by atoms with Crippen LogP contribution in [0.15, 0.2) is 30.3 Å². The molecule has 0 radical (unpaired) electrons. The van der Waals surface area contributed by atoms with E-state index in [1.54, 1.807) is 13.8 Å². The van der Waals surface area contributed by atoms with Gasteiger partial charge in [0.15, 0.2) is 0 Å². The van der Waals surface area contributed by atoms with Gasteiger partial charge in [0, 0.05) is 6.04 Å². The molecule has 1 aliphatic heterocycles. The average Bonchev–Trinajstić information content (AvgIpc) is 2.58. The average molecular weight is 334 g/mol. The third-order valence-electron chi connectivity index (χ3n) is 4.15. The number of hydrogen-bond acceptors (Lipinski definition) is 5.